The van der Waals surface area contributed by atoms with E-state index in [0.29, 0.717) is 24.3 Å². The van der Waals surface area contributed by atoms with Crippen LogP contribution in [0.25, 0.3) is 0 Å². The number of rotatable bonds is 6. The fraction of sp³-hybridized carbons (Fsp3) is 0.417. The van der Waals surface area contributed by atoms with Crippen LogP contribution in [0.4, 0.5) is 5.69 Å². The molecule has 0 radical (unpaired) electrons. The summed E-state index contributed by atoms with van der Waals surface area (Å²) in [6.07, 6.45) is 0. The van der Waals surface area contributed by atoms with Gasteiger partial charge < -0.3 is 5.32 Å². The summed E-state index contributed by atoms with van der Waals surface area (Å²) in [4.78, 5) is 0. The number of nitrogens with zero attached hydrogens (tertiary/aromatic N) is 2. The Morgan fingerprint density at radius 2 is 2.06 bits per heavy atom. The smallest absolute Gasteiger partial charge is 0.234 e. The average Bonchev–Trinajstić information content (AvgIpc) is 2.39. The maximum absolute atomic E-state index is 12.1. The highest BCUT2D eigenvalue weighted by Crippen LogP contribution is 2.22. The van der Waals surface area contributed by atoms with Crippen molar-refractivity contribution in [1.82, 2.24) is 5.32 Å². The lowest BCUT2D eigenvalue weighted by atomic mass is 10.2. The van der Waals surface area contributed by atoms with E-state index >= 15 is 0 Å². The molecule has 6 heteroatoms. The van der Waals surface area contributed by atoms with Crippen molar-refractivity contribution < 1.29 is 8.42 Å². The van der Waals surface area contributed by atoms with Crippen LogP contribution in [0.5, 0.6) is 0 Å². The Morgan fingerprint density at radius 1 is 1.39 bits per heavy atom. The zero-order chi connectivity index (χ0) is 13.6. The van der Waals surface area contributed by atoms with Crippen LogP contribution in [0, 0.1) is 11.3 Å². The third-order valence-electron chi connectivity index (χ3n) is 2.56. The number of hydrogen-bond acceptors (Lipinski definition) is 4. The molecule has 98 valence electrons. The maximum Gasteiger partial charge on any atom is 0.234 e. The lowest BCUT2D eigenvalue weighted by molar-refractivity contribution is 0.590. The molecule has 1 N–H and O–H groups in total. The molecule has 1 aromatic carbocycles. The van der Waals surface area contributed by atoms with Gasteiger partial charge in [0.2, 0.25) is 10.0 Å². The second-order valence-corrected chi connectivity index (χ2v) is 5.89. The summed E-state index contributed by atoms with van der Waals surface area (Å²) in [6.45, 7) is 2.43. The van der Waals surface area contributed by atoms with Crippen molar-refractivity contribution >= 4 is 15.7 Å². The van der Waals surface area contributed by atoms with Crippen molar-refractivity contribution in [2.45, 2.75) is 6.92 Å². The number of para-hydroxylation sites is 1. The molecule has 0 unspecified atom stereocenters. The highest BCUT2D eigenvalue weighted by Gasteiger charge is 2.22. The van der Waals surface area contributed by atoms with Crippen LogP contribution in [-0.2, 0) is 10.0 Å². The number of sulfonamides is 1. The molecule has 0 spiro atoms. The number of nitrogens with one attached hydrogen (secondary N) is 1. The lowest BCUT2D eigenvalue weighted by Gasteiger charge is -2.24. The molecular formula is C12H17N3O2S. The van der Waals surface area contributed by atoms with E-state index in [-0.39, 0.29) is 5.75 Å². The maximum atomic E-state index is 12.1. The Kier molecular flexibility index (Phi) is 5.13. The van der Waals surface area contributed by atoms with Crippen LogP contribution in [0.1, 0.15) is 12.5 Å². The molecule has 5 nitrogen and oxygen atoms in total. The minimum atomic E-state index is -3.38. The molecule has 0 heterocycles. The van der Waals surface area contributed by atoms with Crippen LogP contribution in [0.3, 0.4) is 0 Å². The zero-order valence-electron chi connectivity index (χ0n) is 10.5. The summed E-state index contributed by atoms with van der Waals surface area (Å²) in [7, 11) is -1.62. The van der Waals surface area contributed by atoms with Crippen LogP contribution in [0.2, 0.25) is 0 Å². The first-order chi connectivity index (χ1) is 8.56. The summed E-state index contributed by atoms with van der Waals surface area (Å²) in [5.74, 6) is 0.0104. The van der Waals surface area contributed by atoms with Gasteiger partial charge >= 0.3 is 0 Å². The first-order valence-corrected chi connectivity index (χ1v) is 7.32. The minimum Gasteiger partial charge on any atom is -0.318 e. The van der Waals surface area contributed by atoms with Crippen molar-refractivity contribution in [3.05, 3.63) is 29.8 Å². The van der Waals surface area contributed by atoms with Gasteiger partial charge in [0, 0.05) is 13.1 Å². The number of nitriles is 1. The summed E-state index contributed by atoms with van der Waals surface area (Å²) in [5, 5.41) is 12.0. The normalized spacial score (nSPS) is 10.9. The van der Waals surface area contributed by atoms with Crippen LogP contribution in [-0.4, -0.2) is 34.3 Å². The van der Waals surface area contributed by atoms with E-state index in [4.69, 9.17) is 5.26 Å². The van der Waals surface area contributed by atoms with Gasteiger partial charge in [-0.25, -0.2) is 8.42 Å². The third kappa shape index (κ3) is 3.22. The minimum absolute atomic E-state index is 0.0104. The topological polar surface area (TPSA) is 73.2 Å². The van der Waals surface area contributed by atoms with Crippen molar-refractivity contribution in [3.8, 4) is 6.07 Å². The lowest BCUT2D eigenvalue weighted by Crippen LogP contribution is -2.37. The molecule has 0 aliphatic heterocycles. The highest BCUT2D eigenvalue weighted by molar-refractivity contribution is 7.92. The summed E-state index contributed by atoms with van der Waals surface area (Å²) < 4.78 is 25.4. The molecule has 0 bridgehead atoms. The predicted molar refractivity (Wildman–Crippen MR) is 71.9 cm³/mol. The molecule has 0 fully saturated rings. The molecule has 0 amide bonds. The molecule has 18 heavy (non-hydrogen) atoms. The molecule has 1 rings (SSSR count). The van der Waals surface area contributed by atoms with Gasteiger partial charge in [-0.05, 0) is 26.1 Å². The Morgan fingerprint density at radius 3 is 2.61 bits per heavy atom. The molecule has 0 aliphatic carbocycles. The van der Waals surface area contributed by atoms with Crippen LogP contribution < -0.4 is 9.62 Å². The van der Waals surface area contributed by atoms with Gasteiger partial charge in [0.1, 0.15) is 6.07 Å². The van der Waals surface area contributed by atoms with E-state index in [1.165, 1.54) is 4.31 Å². The highest BCUT2D eigenvalue weighted by atomic mass is 32.2. The second-order valence-electron chi connectivity index (χ2n) is 3.71. The van der Waals surface area contributed by atoms with Crippen molar-refractivity contribution in [2.75, 3.05) is 30.2 Å². The van der Waals surface area contributed by atoms with E-state index in [1.807, 2.05) is 6.07 Å². The average molecular weight is 267 g/mol. The number of benzene rings is 1. The molecule has 0 aromatic heterocycles. The van der Waals surface area contributed by atoms with Crippen molar-refractivity contribution in [3.63, 3.8) is 0 Å². The number of anilines is 1. The number of likely N-dealkylation sites (N-methyl/N-ethyl adjacent to an activating group) is 1. The Hall–Kier alpha value is -1.58. The molecule has 0 saturated carbocycles. The molecular weight excluding hydrogens is 250 g/mol. The van der Waals surface area contributed by atoms with E-state index in [9.17, 15) is 8.42 Å². The quantitative estimate of drug-likeness (QED) is 0.832. The van der Waals surface area contributed by atoms with Crippen molar-refractivity contribution in [1.29, 1.82) is 5.26 Å². The van der Waals surface area contributed by atoms with Crippen LogP contribution >= 0.6 is 0 Å². The fourth-order valence-corrected chi connectivity index (χ4v) is 2.70. The summed E-state index contributed by atoms with van der Waals surface area (Å²) >= 11 is 0. The fourth-order valence-electron chi connectivity index (χ4n) is 1.56. The first-order valence-electron chi connectivity index (χ1n) is 5.71. The monoisotopic (exact) mass is 267 g/mol. The number of hydrogen-bond donors (Lipinski definition) is 1. The molecule has 1 aromatic rings. The standard InChI is InChI=1S/C12H17N3O2S/c1-3-18(16,17)15(9-8-14-2)12-7-5-4-6-11(12)10-13/h4-7,14H,3,8-9H2,1-2H3. The van der Waals surface area contributed by atoms with Gasteiger partial charge in [0.25, 0.3) is 0 Å². The van der Waals surface area contributed by atoms with Gasteiger partial charge in [-0.15, -0.1) is 0 Å². The van der Waals surface area contributed by atoms with Gasteiger partial charge in [-0.3, -0.25) is 4.31 Å². The SMILES string of the molecule is CCS(=O)(=O)N(CCNC)c1ccccc1C#N. The van der Waals surface area contributed by atoms with Gasteiger partial charge in [0.05, 0.1) is 17.0 Å². The van der Waals surface area contributed by atoms with E-state index < -0.39 is 10.0 Å². The van der Waals surface area contributed by atoms with Gasteiger partial charge in [-0.2, -0.15) is 5.26 Å². The van der Waals surface area contributed by atoms with Gasteiger partial charge in [-0.1, -0.05) is 12.1 Å². The zero-order valence-corrected chi connectivity index (χ0v) is 11.4. The predicted octanol–water partition coefficient (Wildman–Crippen LogP) is 0.934. The van der Waals surface area contributed by atoms with E-state index in [0.717, 1.165) is 0 Å². The molecule has 0 saturated heterocycles. The molecule has 0 atom stereocenters. The largest absolute Gasteiger partial charge is 0.318 e. The second kappa shape index (κ2) is 6.38. The Balaban J connectivity index is 3.23. The molecule has 0 aliphatic rings. The Bertz CT molecular complexity index is 534. The van der Waals surface area contributed by atoms with E-state index in [2.05, 4.69) is 5.32 Å². The summed E-state index contributed by atoms with van der Waals surface area (Å²) in [6, 6.07) is 8.74. The Labute approximate surface area is 108 Å². The van der Waals surface area contributed by atoms with E-state index in [1.54, 1.807) is 38.2 Å². The van der Waals surface area contributed by atoms with Crippen LogP contribution in [0.15, 0.2) is 24.3 Å². The first kappa shape index (κ1) is 14.5. The van der Waals surface area contributed by atoms with Crippen molar-refractivity contribution in [2.24, 2.45) is 0 Å². The summed E-state index contributed by atoms with van der Waals surface area (Å²) in [5.41, 5.74) is 0.808. The third-order valence-corrected chi connectivity index (χ3v) is 4.34. The van der Waals surface area contributed by atoms with Gasteiger partial charge in [0.15, 0.2) is 0 Å².